The first-order chi connectivity index (χ1) is 13.3. The number of amides is 1. The third-order valence-corrected chi connectivity index (χ3v) is 4.90. The van der Waals surface area contributed by atoms with Crippen molar-refractivity contribution in [1.82, 2.24) is 10.3 Å². The first kappa shape index (κ1) is 18.6. The number of carbonyl (C=O) groups excluding carboxylic acids is 1. The molecular formula is C20H20F3N3O2. The summed E-state index contributed by atoms with van der Waals surface area (Å²) in [6.07, 6.45) is -2.54. The van der Waals surface area contributed by atoms with Crippen molar-refractivity contribution in [2.45, 2.75) is 38.0 Å². The number of aromatic nitrogens is 1. The van der Waals surface area contributed by atoms with Crippen LogP contribution in [0.25, 0.3) is 0 Å². The molecule has 1 aromatic heterocycles. The van der Waals surface area contributed by atoms with E-state index < -0.39 is 11.7 Å². The highest BCUT2D eigenvalue weighted by Crippen LogP contribution is 2.43. The van der Waals surface area contributed by atoms with Gasteiger partial charge in [-0.05, 0) is 49.2 Å². The van der Waals surface area contributed by atoms with E-state index in [4.69, 9.17) is 4.74 Å². The monoisotopic (exact) mass is 391 g/mol. The molecule has 28 heavy (non-hydrogen) atoms. The van der Waals surface area contributed by atoms with Gasteiger partial charge in [0, 0.05) is 24.2 Å². The van der Waals surface area contributed by atoms with Crippen molar-refractivity contribution in [2.75, 3.05) is 18.0 Å². The van der Waals surface area contributed by atoms with Gasteiger partial charge in [-0.25, -0.2) is 4.98 Å². The number of nitrogens with zero attached hydrogens (tertiary/aromatic N) is 2. The fraction of sp³-hybridized carbons (Fsp3) is 0.400. The summed E-state index contributed by atoms with van der Waals surface area (Å²) in [5.41, 5.74) is 1.60. The Hall–Kier alpha value is -2.77. The maximum atomic E-state index is 12.9. The Bertz CT molecular complexity index is 879. The zero-order valence-electron chi connectivity index (χ0n) is 15.3. The van der Waals surface area contributed by atoms with E-state index in [1.807, 2.05) is 17.0 Å². The predicted molar refractivity (Wildman–Crippen MR) is 97.8 cm³/mol. The first-order valence-corrected chi connectivity index (χ1v) is 9.18. The Morgan fingerprint density at radius 2 is 1.93 bits per heavy atom. The van der Waals surface area contributed by atoms with E-state index >= 15 is 0 Å². The number of alkyl halides is 3. The Balaban J connectivity index is 1.65. The van der Waals surface area contributed by atoms with Crippen LogP contribution >= 0.6 is 0 Å². The van der Waals surface area contributed by atoms with Gasteiger partial charge in [0.25, 0.3) is 0 Å². The number of halogens is 3. The van der Waals surface area contributed by atoms with Crippen molar-refractivity contribution in [3.8, 4) is 5.88 Å². The van der Waals surface area contributed by atoms with Crippen LogP contribution < -0.4 is 15.0 Å². The summed E-state index contributed by atoms with van der Waals surface area (Å²) in [6.45, 7) is 2.11. The van der Waals surface area contributed by atoms with E-state index in [-0.39, 0.29) is 12.0 Å². The fourth-order valence-electron chi connectivity index (χ4n) is 3.28. The zero-order chi connectivity index (χ0) is 19.9. The fourth-order valence-corrected chi connectivity index (χ4v) is 3.28. The number of fused-ring (bicyclic) bond motifs is 1. The zero-order valence-corrected chi connectivity index (χ0v) is 15.3. The molecule has 0 saturated heterocycles. The molecule has 1 unspecified atom stereocenters. The Morgan fingerprint density at radius 1 is 1.21 bits per heavy atom. The number of hydrogen-bond acceptors (Lipinski definition) is 4. The molecular weight excluding hydrogens is 371 g/mol. The van der Waals surface area contributed by atoms with E-state index in [9.17, 15) is 18.0 Å². The maximum absolute atomic E-state index is 12.9. The molecule has 4 rings (SSSR count). The number of ether oxygens (including phenoxy) is 1. The molecule has 0 spiro atoms. The molecule has 2 aromatic rings. The van der Waals surface area contributed by atoms with Crippen LogP contribution in [0.4, 0.5) is 24.5 Å². The molecule has 8 heteroatoms. The van der Waals surface area contributed by atoms with E-state index in [1.54, 1.807) is 0 Å². The summed E-state index contributed by atoms with van der Waals surface area (Å²) in [7, 11) is 0. The lowest BCUT2D eigenvalue weighted by molar-refractivity contribution is -0.137. The largest absolute Gasteiger partial charge is 0.469 e. The topological polar surface area (TPSA) is 54.5 Å². The van der Waals surface area contributed by atoms with Gasteiger partial charge in [0.15, 0.2) is 0 Å². The Morgan fingerprint density at radius 3 is 2.54 bits per heavy atom. The third-order valence-electron chi connectivity index (χ3n) is 4.90. The van der Waals surface area contributed by atoms with Crippen LogP contribution in [0, 0.1) is 0 Å². The lowest BCUT2D eigenvalue weighted by Gasteiger charge is -2.36. The van der Waals surface area contributed by atoms with Crippen LogP contribution in [0.1, 0.15) is 36.9 Å². The summed E-state index contributed by atoms with van der Waals surface area (Å²) in [4.78, 5) is 17.8. The summed E-state index contributed by atoms with van der Waals surface area (Å²) in [6, 6.07) is 8.89. The first-order valence-electron chi connectivity index (χ1n) is 9.18. The SMILES string of the molecule is CC(=O)NCC1CN(c2ccc(C(F)(F)F)cc2)c2ccc(C3CC3)nc2O1. The Kier molecular flexibility index (Phi) is 4.64. The molecule has 0 bridgehead atoms. The smallest absolute Gasteiger partial charge is 0.416 e. The van der Waals surface area contributed by atoms with Gasteiger partial charge >= 0.3 is 6.18 Å². The predicted octanol–water partition coefficient (Wildman–Crippen LogP) is 4.01. The second-order valence-corrected chi connectivity index (χ2v) is 7.17. The van der Waals surface area contributed by atoms with E-state index in [0.29, 0.717) is 36.3 Å². The highest BCUT2D eigenvalue weighted by molar-refractivity contribution is 5.73. The van der Waals surface area contributed by atoms with Crippen LogP contribution in [0.5, 0.6) is 5.88 Å². The molecule has 0 radical (unpaired) electrons. The summed E-state index contributed by atoms with van der Waals surface area (Å²) >= 11 is 0. The minimum Gasteiger partial charge on any atom is -0.469 e. The van der Waals surface area contributed by atoms with Crippen LogP contribution in [-0.4, -0.2) is 30.1 Å². The van der Waals surface area contributed by atoms with Gasteiger partial charge in [-0.3, -0.25) is 4.79 Å². The van der Waals surface area contributed by atoms with Crippen molar-refractivity contribution < 1.29 is 22.7 Å². The number of nitrogens with one attached hydrogen (secondary N) is 1. The van der Waals surface area contributed by atoms with Crippen molar-refractivity contribution in [2.24, 2.45) is 0 Å². The molecule has 1 aliphatic heterocycles. The van der Waals surface area contributed by atoms with E-state index in [1.165, 1.54) is 19.1 Å². The lowest BCUT2D eigenvalue weighted by Crippen LogP contribution is -2.44. The normalized spacial score (nSPS) is 19.0. The van der Waals surface area contributed by atoms with Gasteiger partial charge in [0.2, 0.25) is 11.8 Å². The van der Waals surface area contributed by atoms with Gasteiger partial charge in [-0.15, -0.1) is 0 Å². The van der Waals surface area contributed by atoms with Crippen LogP contribution in [-0.2, 0) is 11.0 Å². The van der Waals surface area contributed by atoms with Crippen molar-refractivity contribution in [3.63, 3.8) is 0 Å². The van der Waals surface area contributed by atoms with Crippen LogP contribution in [0.15, 0.2) is 36.4 Å². The average molecular weight is 391 g/mol. The van der Waals surface area contributed by atoms with Crippen molar-refractivity contribution >= 4 is 17.3 Å². The quantitative estimate of drug-likeness (QED) is 0.856. The van der Waals surface area contributed by atoms with Gasteiger partial charge in [-0.1, -0.05) is 0 Å². The standard InChI is InChI=1S/C20H20F3N3O2/c1-12(27)24-10-16-11-26(15-6-4-14(5-7-15)20(21,22)23)18-9-8-17(13-2-3-13)25-19(18)28-16/h4-9,13,16H,2-3,10-11H2,1H3,(H,24,27). The highest BCUT2D eigenvalue weighted by atomic mass is 19.4. The summed E-state index contributed by atoms with van der Waals surface area (Å²) in [5.74, 6) is 0.727. The minimum absolute atomic E-state index is 0.171. The lowest BCUT2D eigenvalue weighted by atomic mass is 10.1. The average Bonchev–Trinajstić information content (AvgIpc) is 3.50. The number of anilines is 2. The maximum Gasteiger partial charge on any atom is 0.416 e. The number of carbonyl (C=O) groups is 1. The van der Waals surface area contributed by atoms with Crippen molar-refractivity contribution in [1.29, 1.82) is 0 Å². The van der Waals surface area contributed by atoms with Gasteiger partial charge in [-0.2, -0.15) is 13.2 Å². The van der Waals surface area contributed by atoms with E-state index in [0.717, 1.165) is 30.7 Å². The Labute approximate surface area is 160 Å². The molecule has 2 aliphatic rings. The molecule has 5 nitrogen and oxygen atoms in total. The van der Waals surface area contributed by atoms with Gasteiger partial charge in [0.05, 0.1) is 18.7 Å². The molecule has 1 aliphatic carbocycles. The minimum atomic E-state index is -4.38. The highest BCUT2D eigenvalue weighted by Gasteiger charge is 2.33. The number of rotatable bonds is 4. The second kappa shape index (κ2) is 7.00. The number of hydrogen-bond donors (Lipinski definition) is 1. The summed E-state index contributed by atoms with van der Waals surface area (Å²) in [5, 5.41) is 2.73. The van der Waals surface area contributed by atoms with E-state index in [2.05, 4.69) is 10.3 Å². The molecule has 2 heterocycles. The molecule has 1 saturated carbocycles. The number of benzene rings is 1. The molecule has 1 amide bonds. The van der Waals surface area contributed by atoms with Crippen molar-refractivity contribution in [3.05, 3.63) is 47.7 Å². The summed E-state index contributed by atoms with van der Waals surface area (Å²) < 4.78 is 44.6. The molecule has 1 atom stereocenters. The van der Waals surface area contributed by atoms with Crippen LogP contribution in [0.2, 0.25) is 0 Å². The molecule has 148 valence electrons. The number of pyridine rings is 1. The molecule has 1 fully saturated rings. The second-order valence-electron chi connectivity index (χ2n) is 7.17. The van der Waals surface area contributed by atoms with Gasteiger partial charge in [0.1, 0.15) is 11.8 Å². The van der Waals surface area contributed by atoms with Crippen LogP contribution in [0.3, 0.4) is 0 Å². The molecule has 1 N–H and O–H groups in total. The third kappa shape index (κ3) is 3.90. The van der Waals surface area contributed by atoms with Gasteiger partial charge < -0.3 is 15.0 Å². The molecule has 1 aromatic carbocycles.